The van der Waals surface area contributed by atoms with E-state index in [-0.39, 0.29) is 36.7 Å². The van der Waals surface area contributed by atoms with Crippen molar-refractivity contribution in [2.24, 2.45) is 0 Å². The second-order valence-corrected chi connectivity index (χ2v) is 5.01. The van der Waals surface area contributed by atoms with Gasteiger partial charge < -0.3 is 10.1 Å². The maximum atomic E-state index is 12.2. The van der Waals surface area contributed by atoms with Crippen molar-refractivity contribution in [3.8, 4) is 5.75 Å². The highest BCUT2D eigenvalue weighted by Gasteiger charge is 2.22. The van der Waals surface area contributed by atoms with Gasteiger partial charge in [-0.05, 0) is 6.07 Å². The van der Waals surface area contributed by atoms with E-state index in [1.165, 1.54) is 6.07 Å². The van der Waals surface area contributed by atoms with Gasteiger partial charge in [-0.2, -0.15) is 8.78 Å². The number of thioether (sulfide) groups is 1. The van der Waals surface area contributed by atoms with Crippen LogP contribution in [-0.4, -0.2) is 30.2 Å². The lowest BCUT2D eigenvalue weighted by Gasteiger charge is -2.13. The molecule has 0 bridgehead atoms. The van der Waals surface area contributed by atoms with Gasteiger partial charge in [0, 0.05) is 23.7 Å². The van der Waals surface area contributed by atoms with Crippen LogP contribution < -0.4 is 15.4 Å². The first-order valence-electron chi connectivity index (χ1n) is 5.78. The van der Waals surface area contributed by atoms with Crippen LogP contribution in [0.15, 0.2) is 24.3 Å². The second-order valence-electron chi connectivity index (χ2n) is 3.98. The number of para-hydroxylation sites is 1. The van der Waals surface area contributed by atoms with Crippen LogP contribution in [0.4, 0.5) is 8.78 Å². The van der Waals surface area contributed by atoms with Gasteiger partial charge in [-0.25, -0.2) is 0 Å². The third kappa shape index (κ3) is 4.81. The second kappa shape index (κ2) is 8.28. The molecule has 112 valence electrons. The van der Waals surface area contributed by atoms with Gasteiger partial charge in [0.25, 0.3) is 0 Å². The Morgan fingerprint density at radius 3 is 2.90 bits per heavy atom. The van der Waals surface area contributed by atoms with Crippen molar-refractivity contribution in [1.82, 2.24) is 10.6 Å². The zero-order valence-corrected chi connectivity index (χ0v) is 12.1. The summed E-state index contributed by atoms with van der Waals surface area (Å²) in [6.45, 7) is -2.70. The third-order valence-corrected chi connectivity index (χ3v) is 3.61. The molecule has 1 aromatic rings. The van der Waals surface area contributed by atoms with E-state index in [0.29, 0.717) is 5.56 Å². The highest BCUT2D eigenvalue weighted by molar-refractivity contribution is 7.99. The van der Waals surface area contributed by atoms with Crippen molar-refractivity contribution in [3.05, 3.63) is 29.8 Å². The molecule has 0 radical (unpaired) electrons. The normalized spacial score (nSPS) is 17.6. The van der Waals surface area contributed by atoms with E-state index < -0.39 is 6.61 Å². The summed E-state index contributed by atoms with van der Waals surface area (Å²) in [7, 11) is 0. The quantitative estimate of drug-likeness (QED) is 0.869. The molecule has 0 aliphatic carbocycles. The number of amides is 1. The van der Waals surface area contributed by atoms with E-state index in [0.717, 1.165) is 11.6 Å². The fraction of sp³-hybridized carbons (Fsp3) is 0.417. The van der Waals surface area contributed by atoms with E-state index >= 15 is 0 Å². The molecule has 1 fully saturated rings. The number of hydrogen-bond donors (Lipinski definition) is 2. The van der Waals surface area contributed by atoms with Gasteiger partial charge in [0.2, 0.25) is 5.91 Å². The van der Waals surface area contributed by atoms with E-state index in [9.17, 15) is 13.6 Å². The van der Waals surface area contributed by atoms with Crippen molar-refractivity contribution in [2.45, 2.75) is 19.2 Å². The summed E-state index contributed by atoms with van der Waals surface area (Å²) in [5, 5.41) is 5.75. The minimum absolute atomic E-state index is 0. The van der Waals surface area contributed by atoms with Crippen molar-refractivity contribution in [3.63, 3.8) is 0 Å². The molecule has 2 rings (SSSR count). The van der Waals surface area contributed by atoms with Crippen molar-refractivity contribution in [2.75, 3.05) is 11.6 Å². The molecule has 2 N–H and O–H groups in total. The molecular formula is C12H15ClF2N2O2S. The highest BCUT2D eigenvalue weighted by atomic mass is 35.5. The molecule has 20 heavy (non-hydrogen) atoms. The predicted molar refractivity (Wildman–Crippen MR) is 76.4 cm³/mol. The molecular weight excluding hydrogens is 310 g/mol. The number of alkyl halides is 2. The summed E-state index contributed by atoms with van der Waals surface area (Å²) in [5.41, 5.74) is 0.529. The standard InChI is InChI=1S/C12H14F2N2O2S.ClH/c13-12(14)18-10-4-2-1-3-8(10)5-15-11(17)9-6-19-7-16-9;/h1-4,9,12,16H,5-7H2,(H,15,17);1H. The largest absolute Gasteiger partial charge is 0.434 e. The molecule has 1 aliphatic rings. The zero-order chi connectivity index (χ0) is 13.7. The van der Waals surface area contributed by atoms with Gasteiger partial charge in [-0.15, -0.1) is 24.2 Å². The highest BCUT2D eigenvalue weighted by Crippen LogP contribution is 2.20. The Labute approximate surface area is 126 Å². The molecule has 1 amide bonds. The lowest BCUT2D eigenvalue weighted by molar-refractivity contribution is -0.122. The summed E-state index contributed by atoms with van der Waals surface area (Å²) in [6.07, 6.45) is 0. The molecule has 1 unspecified atom stereocenters. The van der Waals surface area contributed by atoms with E-state index in [1.807, 2.05) is 0 Å². The van der Waals surface area contributed by atoms with Crippen molar-refractivity contribution >= 4 is 30.1 Å². The lowest BCUT2D eigenvalue weighted by atomic mass is 10.2. The number of benzene rings is 1. The lowest BCUT2D eigenvalue weighted by Crippen LogP contribution is -2.41. The fourth-order valence-corrected chi connectivity index (χ4v) is 2.67. The maximum absolute atomic E-state index is 12.2. The van der Waals surface area contributed by atoms with Crippen LogP contribution in [0.1, 0.15) is 5.56 Å². The fourth-order valence-electron chi connectivity index (χ4n) is 1.73. The Hall–Kier alpha value is -1.05. The van der Waals surface area contributed by atoms with Crippen LogP contribution in [0.5, 0.6) is 5.75 Å². The molecule has 1 aliphatic heterocycles. The van der Waals surface area contributed by atoms with Crippen LogP contribution in [0.3, 0.4) is 0 Å². The number of halogens is 3. The Kier molecular flexibility index (Phi) is 7.04. The summed E-state index contributed by atoms with van der Waals surface area (Å²) in [6, 6.07) is 6.21. The van der Waals surface area contributed by atoms with Gasteiger partial charge in [0.05, 0.1) is 6.04 Å². The zero-order valence-electron chi connectivity index (χ0n) is 10.5. The van der Waals surface area contributed by atoms with E-state index in [4.69, 9.17) is 0 Å². The minimum atomic E-state index is -2.87. The van der Waals surface area contributed by atoms with Gasteiger partial charge in [-0.1, -0.05) is 18.2 Å². The summed E-state index contributed by atoms with van der Waals surface area (Å²) in [4.78, 5) is 11.8. The SMILES string of the molecule is Cl.O=C(NCc1ccccc1OC(F)F)C1CSCN1. The first-order valence-corrected chi connectivity index (χ1v) is 6.94. The molecule has 1 heterocycles. The average molecular weight is 325 g/mol. The Morgan fingerprint density at radius 2 is 2.25 bits per heavy atom. The molecule has 0 spiro atoms. The number of nitrogens with one attached hydrogen (secondary N) is 2. The monoisotopic (exact) mass is 324 g/mol. The molecule has 0 aromatic heterocycles. The summed E-state index contributed by atoms with van der Waals surface area (Å²) in [5.74, 6) is 1.44. The topological polar surface area (TPSA) is 50.4 Å². The molecule has 1 aromatic carbocycles. The van der Waals surface area contributed by atoms with Gasteiger partial charge >= 0.3 is 6.61 Å². The van der Waals surface area contributed by atoms with Gasteiger partial charge in [0.1, 0.15) is 5.75 Å². The maximum Gasteiger partial charge on any atom is 0.387 e. The molecule has 4 nitrogen and oxygen atoms in total. The first kappa shape index (κ1) is 17.0. The smallest absolute Gasteiger partial charge is 0.387 e. The van der Waals surface area contributed by atoms with Crippen LogP contribution in [0, 0.1) is 0 Å². The van der Waals surface area contributed by atoms with Crippen molar-refractivity contribution in [1.29, 1.82) is 0 Å². The van der Waals surface area contributed by atoms with Crippen LogP contribution in [0.25, 0.3) is 0 Å². The van der Waals surface area contributed by atoms with E-state index in [1.54, 1.807) is 30.0 Å². The van der Waals surface area contributed by atoms with Crippen LogP contribution >= 0.6 is 24.2 Å². The third-order valence-electron chi connectivity index (χ3n) is 2.67. The number of carbonyl (C=O) groups excluding carboxylic acids is 1. The van der Waals surface area contributed by atoms with E-state index in [2.05, 4.69) is 15.4 Å². The minimum Gasteiger partial charge on any atom is -0.434 e. The van der Waals surface area contributed by atoms with Crippen LogP contribution in [-0.2, 0) is 11.3 Å². The first-order chi connectivity index (χ1) is 9.16. The Bertz CT molecular complexity index is 445. The summed E-state index contributed by atoms with van der Waals surface area (Å²) >= 11 is 1.65. The summed E-state index contributed by atoms with van der Waals surface area (Å²) < 4.78 is 28.8. The number of hydrogen-bond acceptors (Lipinski definition) is 4. The number of rotatable bonds is 5. The van der Waals surface area contributed by atoms with Gasteiger partial charge in [0.15, 0.2) is 0 Å². The molecule has 1 atom stereocenters. The Balaban J connectivity index is 0.00000200. The molecule has 8 heteroatoms. The molecule has 0 saturated carbocycles. The van der Waals surface area contributed by atoms with Crippen LogP contribution in [0.2, 0.25) is 0 Å². The molecule has 1 saturated heterocycles. The number of carbonyl (C=O) groups is 1. The van der Waals surface area contributed by atoms with Crippen molar-refractivity contribution < 1.29 is 18.3 Å². The average Bonchev–Trinajstić information content (AvgIpc) is 2.90. The number of ether oxygens (including phenoxy) is 1. The van der Waals surface area contributed by atoms with Gasteiger partial charge in [-0.3, -0.25) is 10.1 Å². The predicted octanol–water partition coefficient (Wildman–Crippen LogP) is 1.99. The Morgan fingerprint density at radius 1 is 1.50 bits per heavy atom.